The summed E-state index contributed by atoms with van der Waals surface area (Å²) in [6, 6.07) is 15.6. The van der Waals surface area contributed by atoms with E-state index in [4.69, 9.17) is 9.47 Å². The molecule has 150 valence electrons. The number of ether oxygens (including phenoxy) is 2. The summed E-state index contributed by atoms with van der Waals surface area (Å²) in [4.78, 5) is 12.8. The van der Waals surface area contributed by atoms with E-state index in [0.717, 1.165) is 17.0 Å². The van der Waals surface area contributed by atoms with Crippen molar-refractivity contribution < 1.29 is 14.3 Å². The van der Waals surface area contributed by atoms with Crippen molar-refractivity contribution in [3.8, 4) is 5.75 Å². The predicted molar refractivity (Wildman–Crippen MR) is 109 cm³/mol. The molecule has 2 aromatic carbocycles. The smallest absolute Gasteiger partial charge is 0.278 e. The van der Waals surface area contributed by atoms with Crippen molar-refractivity contribution in [3.05, 3.63) is 71.0 Å². The lowest BCUT2D eigenvalue weighted by atomic mass is 10.0. The van der Waals surface area contributed by atoms with Gasteiger partial charge in [-0.05, 0) is 41.3 Å². The van der Waals surface area contributed by atoms with Gasteiger partial charge < -0.3 is 14.8 Å². The zero-order chi connectivity index (χ0) is 20.4. The molecule has 7 heteroatoms. The monoisotopic (exact) mass is 392 g/mol. The fourth-order valence-corrected chi connectivity index (χ4v) is 3.37. The molecule has 0 saturated carbocycles. The lowest BCUT2D eigenvalue weighted by molar-refractivity contribution is -0.00173. The number of carbonyl (C=O) groups is 1. The van der Waals surface area contributed by atoms with Gasteiger partial charge in [-0.25, -0.2) is 4.68 Å². The minimum atomic E-state index is -0.279. The first-order chi connectivity index (χ1) is 14.0. The summed E-state index contributed by atoms with van der Waals surface area (Å²) >= 11 is 0. The summed E-state index contributed by atoms with van der Waals surface area (Å²) in [5, 5.41) is 11.2. The molecule has 1 N–H and O–H groups in total. The van der Waals surface area contributed by atoms with Gasteiger partial charge in [0.1, 0.15) is 11.9 Å². The van der Waals surface area contributed by atoms with Crippen LogP contribution in [0.3, 0.4) is 0 Å². The number of rotatable bonds is 5. The Morgan fingerprint density at radius 1 is 1.24 bits per heavy atom. The van der Waals surface area contributed by atoms with Crippen molar-refractivity contribution in [3.63, 3.8) is 0 Å². The van der Waals surface area contributed by atoms with Crippen LogP contribution < -0.4 is 10.1 Å². The molecule has 1 aromatic heterocycles. The molecule has 3 aromatic rings. The van der Waals surface area contributed by atoms with E-state index in [9.17, 15) is 4.79 Å². The topological polar surface area (TPSA) is 78.3 Å². The van der Waals surface area contributed by atoms with Crippen LogP contribution in [-0.4, -0.2) is 28.0 Å². The van der Waals surface area contributed by atoms with Crippen LogP contribution in [0.1, 0.15) is 53.2 Å². The molecule has 2 heterocycles. The molecular formula is C22H24N4O3. The van der Waals surface area contributed by atoms with Gasteiger partial charge in [-0.1, -0.05) is 43.3 Å². The van der Waals surface area contributed by atoms with Gasteiger partial charge in [-0.15, -0.1) is 5.10 Å². The highest BCUT2D eigenvalue weighted by Gasteiger charge is 2.27. The van der Waals surface area contributed by atoms with E-state index in [1.165, 1.54) is 5.56 Å². The number of aromatic nitrogens is 3. The number of nitrogens with zero attached hydrogens (tertiary/aromatic N) is 3. The molecule has 0 unspecified atom stereocenters. The van der Waals surface area contributed by atoms with Gasteiger partial charge >= 0.3 is 0 Å². The number of anilines is 1. The highest BCUT2D eigenvalue weighted by Crippen LogP contribution is 2.28. The SMILES string of the molecule is COc1ccc([C@@H]2Cn3nnc(C(=O)Nc4cccc(C(C)C)c4)c3CO2)cc1. The molecule has 0 aliphatic carbocycles. The Morgan fingerprint density at radius 2 is 2.03 bits per heavy atom. The van der Waals surface area contributed by atoms with Gasteiger partial charge in [0.2, 0.25) is 0 Å². The summed E-state index contributed by atoms with van der Waals surface area (Å²) in [5.74, 6) is 0.905. The van der Waals surface area contributed by atoms with Crippen molar-refractivity contribution in [1.82, 2.24) is 15.0 Å². The summed E-state index contributed by atoms with van der Waals surface area (Å²) in [6.07, 6.45) is -0.145. The fraction of sp³-hybridized carbons (Fsp3) is 0.318. The lowest BCUT2D eigenvalue weighted by Crippen LogP contribution is -2.24. The first-order valence-corrected chi connectivity index (χ1v) is 9.64. The Bertz CT molecular complexity index is 1010. The second kappa shape index (κ2) is 8.05. The number of nitrogens with one attached hydrogen (secondary N) is 1. The summed E-state index contributed by atoms with van der Waals surface area (Å²) in [7, 11) is 1.64. The van der Waals surface area contributed by atoms with E-state index in [1.54, 1.807) is 11.8 Å². The second-order valence-electron chi connectivity index (χ2n) is 7.37. The summed E-state index contributed by atoms with van der Waals surface area (Å²) in [6.45, 7) is 5.02. The minimum absolute atomic E-state index is 0.145. The van der Waals surface area contributed by atoms with Crippen molar-refractivity contribution in [2.75, 3.05) is 12.4 Å². The molecule has 7 nitrogen and oxygen atoms in total. The number of hydrogen-bond acceptors (Lipinski definition) is 5. The molecule has 0 fully saturated rings. The van der Waals surface area contributed by atoms with E-state index in [1.807, 2.05) is 48.5 Å². The molecular weight excluding hydrogens is 368 g/mol. The maximum absolute atomic E-state index is 12.8. The Hall–Kier alpha value is -3.19. The Kier molecular flexibility index (Phi) is 5.31. The third kappa shape index (κ3) is 4.00. The third-order valence-electron chi connectivity index (χ3n) is 5.11. The summed E-state index contributed by atoms with van der Waals surface area (Å²) < 4.78 is 12.9. The van der Waals surface area contributed by atoms with Crippen LogP contribution in [0.5, 0.6) is 5.75 Å². The van der Waals surface area contributed by atoms with Gasteiger partial charge in [-0.3, -0.25) is 4.79 Å². The largest absolute Gasteiger partial charge is 0.497 e. The Balaban J connectivity index is 1.49. The fourth-order valence-electron chi connectivity index (χ4n) is 3.37. The Labute approximate surface area is 169 Å². The maximum Gasteiger partial charge on any atom is 0.278 e. The maximum atomic E-state index is 12.8. The van der Waals surface area contributed by atoms with Crippen LogP contribution in [0, 0.1) is 0 Å². The van der Waals surface area contributed by atoms with Gasteiger partial charge in [0.05, 0.1) is 26.0 Å². The second-order valence-corrected chi connectivity index (χ2v) is 7.37. The molecule has 1 amide bonds. The van der Waals surface area contributed by atoms with Gasteiger partial charge in [0.15, 0.2) is 5.69 Å². The normalized spacial score (nSPS) is 15.8. The number of carbonyl (C=O) groups excluding carboxylic acids is 1. The molecule has 1 aliphatic heterocycles. The number of fused-ring (bicyclic) bond motifs is 1. The number of amides is 1. The first-order valence-electron chi connectivity index (χ1n) is 9.64. The molecule has 0 bridgehead atoms. The van der Waals surface area contributed by atoms with Gasteiger partial charge in [-0.2, -0.15) is 0 Å². The van der Waals surface area contributed by atoms with Crippen molar-refractivity contribution in [2.24, 2.45) is 0 Å². The van der Waals surface area contributed by atoms with Crippen LogP contribution in [0.2, 0.25) is 0 Å². The predicted octanol–water partition coefficient (Wildman–Crippen LogP) is 3.93. The minimum Gasteiger partial charge on any atom is -0.497 e. The van der Waals surface area contributed by atoms with Crippen LogP contribution in [-0.2, 0) is 17.9 Å². The molecule has 0 saturated heterocycles. The molecule has 1 aliphatic rings. The average Bonchev–Trinajstić information content (AvgIpc) is 3.17. The number of methoxy groups -OCH3 is 1. The van der Waals surface area contributed by atoms with Gasteiger partial charge in [0.25, 0.3) is 5.91 Å². The lowest BCUT2D eigenvalue weighted by Gasteiger charge is -2.24. The number of benzene rings is 2. The van der Waals surface area contributed by atoms with Crippen LogP contribution in [0.15, 0.2) is 48.5 Å². The van der Waals surface area contributed by atoms with Crippen LogP contribution >= 0.6 is 0 Å². The van der Waals surface area contributed by atoms with E-state index < -0.39 is 0 Å². The average molecular weight is 392 g/mol. The Morgan fingerprint density at radius 3 is 2.76 bits per heavy atom. The van der Waals surface area contributed by atoms with E-state index in [-0.39, 0.29) is 18.6 Å². The quantitative estimate of drug-likeness (QED) is 0.712. The van der Waals surface area contributed by atoms with Gasteiger partial charge in [0, 0.05) is 5.69 Å². The van der Waals surface area contributed by atoms with E-state index >= 15 is 0 Å². The van der Waals surface area contributed by atoms with Crippen molar-refractivity contribution in [2.45, 2.75) is 39.0 Å². The molecule has 0 radical (unpaired) electrons. The molecule has 4 rings (SSSR count). The summed E-state index contributed by atoms with van der Waals surface area (Å²) in [5.41, 5.74) is 3.93. The van der Waals surface area contributed by atoms with E-state index in [2.05, 4.69) is 29.5 Å². The molecule has 0 spiro atoms. The zero-order valence-electron chi connectivity index (χ0n) is 16.8. The molecule has 1 atom stereocenters. The van der Waals surface area contributed by atoms with Crippen LogP contribution in [0.25, 0.3) is 0 Å². The highest BCUT2D eigenvalue weighted by atomic mass is 16.5. The zero-order valence-corrected chi connectivity index (χ0v) is 16.8. The van der Waals surface area contributed by atoms with Crippen LogP contribution in [0.4, 0.5) is 5.69 Å². The third-order valence-corrected chi connectivity index (χ3v) is 5.11. The van der Waals surface area contributed by atoms with E-state index in [0.29, 0.717) is 23.9 Å². The van der Waals surface area contributed by atoms with Crippen molar-refractivity contribution >= 4 is 11.6 Å². The number of hydrogen-bond donors (Lipinski definition) is 1. The first kappa shape index (κ1) is 19.1. The molecule has 29 heavy (non-hydrogen) atoms. The standard InChI is InChI=1S/C22H24N4O3/c1-14(2)16-5-4-6-17(11-16)23-22(27)21-19-13-29-20(12-26(19)25-24-21)15-7-9-18(28-3)10-8-15/h4-11,14,20H,12-13H2,1-3H3,(H,23,27)/t20-/m0/s1. The van der Waals surface area contributed by atoms with Crippen molar-refractivity contribution in [1.29, 1.82) is 0 Å². The highest BCUT2D eigenvalue weighted by molar-refractivity contribution is 6.03.